The van der Waals surface area contributed by atoms with Gasteiger partial charge in [0.25, 0.3) is 0 Å². The molecule has 0 radical (unpaired) electrons. The van der Waals surface area contributed by atoms with E-state index in [0.717, 1.165) is 51.5 Å². The maximum absolute atomic E-state index is 11.7. The fourth-order valence-corrected chi connectivity index (χ4v) is 4.06. The van der Waals surface area contributed by atoms with Crippen molar-refractivity contribution < 1.29 is 4.79 Å². The largest absolute Gasteiger partial charge is 0.357 e. The second-order valence-electron chi connectivity index (χ2n) is 8.11. The van der Waals surface area contributed by atoms with Crippen molar-refractivity contribution in [3.05, 3.63) is 35.4 Å². The van der Waals surface area contributed by atoms with Gasteiger partial charge in [-0.15, -0.1) is 24.0 Å². The number of hydrogen-bond acceptors (Lipinski definition) is 3. The number of carbonyl (C=O) groups is 1. The molecule has 0 saturated carbocycles. The summed E-state index contributed by atoms with van der Waals surface area (Å²) in [7, 11) is 0. The lowest BCUT2D eigenvalue weighted by Crippen LogP contribution is -2.39. The van der Waals surface area contributed by atoms with E-state index in [0.29, 0.717) is 18.9 Å². The Labute approximate surface area is 198 Å². The Morgan fingerprint density at radius 3 is 2.40 bits per heavy atom. The van der Waals surface area contributed by atoms with E-state index >= 15 is 0 Å². The quantitative estimate of drug-likeness (QED) is 0.224. The van der Waals surface area contributed by atoms with Gasteiger partial charge in [-0.1, -0.05) is 30.7 Å². The Morgan fingerprint density at radius 1 is 1.00 bits per heavy atom. The first-order chi connectivity index (χ1) is 14.2. The minimum atomic E-state index is 0. The molecule has 7 heteroatoms. The van der Waals surface area contributed by atoms with E-state index in [2.05, 4.69) is 46.7 Å². The molecule has 168 valence electrons. The number of guanidine groups is 1. The van der Waals surface area contributed by atoms with Crippen molar-refractivity contribution in [3.63, 3.8) is 0 Å². The molecule has 0 bridgehead atoms. The molecule has 2 N–H and O–H groups in total. The summed E-state index contributed by atoms with van der Waals surface area (Å²) in [4.78, 5) is 20.9. The lowest BCUT2D eigenvalue weighted by atomic mass is 10.1. The number of likely N-dealkylation sites (tertiary alicyclic amines) is 2. The topological polar surface area (TPSA) is 60.0 Å². The van der Waals surface area contributed by atoms with Crippen molar-refractivity contribution in [2.75, 3.05) is 39.3 Å². The van der Waals surface area contributed by atoms with Gasteiger partial charge in [-0.3, -0.25) is 9.69 Å². The molecular weight excluding hydrogens is 489 g/mol. The minimum Gasteiger partial charge on any atom is -0.357 e. The van der Waals surface area contributed by atoms with Crippen LogP contribution in [-0.4, -0.2) is 60.9 Å². The van der Waals surface area contributed by atoms with Gasteiger partial charge in [-0.05, 0) is 56.8 Å². The van der Waals surface area contributed by atoms with Crippen LogP contribution in [-0.2, 0) is 17.9 Å². The molecule has 3 rings (SSSR count). The first kappa shape index (κ1) is 24.9. The number of carbonyl (C=O) groups excluding carboxylic acids is 1. The van der Waals surface area contributed by atoms with E-state index in [9.17, 15) is 4.79 Å². The molecule has 6 nitrogen and oxygen atoms in total. The average Bonchev–Trinajstić information content (AvgIpc) is 3.16. The van der Waals surface area contributed by atoms with Crippen LogP contribution in [0.4, 0.5) is 0 Å². The zero-order valence-electron chi connectivity index (χ0n) is 18.4. The smallest absolute Gasteiger partial charge is 0.222 e. The van der Waals surface area contributed by atoms with Crippen LogP contribution < -0.4 is 10.6 Å². The van der Waals surface area contributed by atoms with Gasteiger partial charge in [-0.25, -0.2) is 4.99 Å². The number of nitrogens with one attached hydrogen (secondary N) is 2. The number of amides is 1. The molecule has 1 aromatic rings. The van der Waals surface area contributed by atoms with E-state index in [1.165, 1.54) is 43.5 Å². The van der Waals surface area contributed by atoms with Gasteiger partial charge in [0, 0.05) is 39.1 Å². The van der Waals surface area contributed by atoms with Crippen LogP contribution in [0, 0.1) is 0 Å². The number of halogens is 1. The summed E-state index contributed by atoms with van der Waals surface area (Å²) in [5, 5.41) is 6.70. The SMILES string of the molecule is CCNC(=NCc1ccc(CN2CCCCC2)cc1)NCCCN1CCCC1=O.I. The van der Waals surface area contributed by atoms with Crippen molar-refractivity contribution in [2.45, 2.75) is 58.5 Å². The number of hydrogen-bond donors (Lipinski definition) is 2. The Hall–Kier alpha value is -1.35. The van der Waals surface area contributed by atoms with Crippen molar-refractivity contribution in [1.29, 1.82) is 0 Å². The second kappa shape index (κ2) is 13.9. The highest BCUT2D eigenvalue weighted by Gasteiger charge is 2.18. The highest BCUT2D eigenvalue weighted by atomic mass is 127. The summed E-state index contributed by atoms with van der Waals surface area (Å²) in [6.07, 6.45) is 6.72. The van der Waals surface area contributed by atoms with E-state index in [1.54, 1.807) is 0 Å². The van der Waals surface area contributed by atoms with Crippen LogP contribution in [0.3, 0.4) is 0 Å². The Kier molecular flexibility index (Phi) is 11.5. The fraction of sp³-hybridized carbons (Fsp3) is 0.652. The number of nitrogens with zero attached hydrogens (tertiary/aromatic N) is 3. The van der Waals surface area contributed by atoms with E-state index in [4.69, 9.17) is 4.99 Å². The van der Waals surface area contributed by atoms with Crippen LogP contribution in [0.25, 0.3) is 0 Å². The molecule has 0 aromatic heterocycles. The third kappa shape index (κ3) is 8.41. The molecule has 0 aliphatic carbocycles. The Bertz CT molecular complexity index is 658. The number of rotatable bonds is 9. The third-order valence-electron chi connectivity index (χ3n) is 5.71. The average molecular weight is 527 g/mol. The van der Waals surface area contributed by atoms with Gasteiger partial charge in [0.1, 0.15) is 0 Å². The monoisotopic (exact) mass is 527 g/mol. The second-order valence-corrected chi connectivity index (χ2v) is 8.11. The van der Waals surface area contributed by atoms with Crippen molar-refractivity contribution in [3.8, 4) is 0 Å². The third-order valence-corrected chi connectivity index (χ3v) is 5.71. The fourth-order valence-electron chi connectivity index (χ4n) is 4.06. The lowest BCUT2D eigenvalue weighted by molar-refractivity contribution is -0.127. The molecule has 30 heavy (non-hydrogen) atoms. The van der Waals surface area contributed by atoms with Crippen molar-refractivity contribution in [1.82, 2.24) is 20.4 Å². The number of piperidine rings is 1. The number of benzene rings is 1. The van der Waals surface area contributed by atoms with Gasteiger partial charge in [0.15, 0.2) is 5.96 Å². The molecule has 1 aromatic carbocycles. The maximum Gasteiger partial charge on any atom is 0.222 e. The predicted octanol–water partition coefficient (Wildman–Crippen LogP) is 3.36. The van der Waals surface area contributed by atoms with Crippen LogP contribution in [0.15, 0.2) is 29.3 Å². The van der Waals surface area contributed by atoms with Gasteiger partial charge in [0.05, 0.1) is 6.54 Å². The Morgan fingerprint density at radius 2 is 1.73 bits per heavy atom. The van der Waals surface area contributed by atoms with E-state index in [-0.39, 0.29) is 24.0 Å². The summed E-state index contributed by atoms with van der Waals surface area (Å²) in [5.74, 6) is 1.15. The standard InChI is InChI=1S/C23H37N5O.HI/c1-2-24-23(25-13-7-17-28-16-6-8-22(28)29)26-18-20-9-11-21(12-10-20)19-27-14-4-3-5-15-27;/h9-12H,2-8,13-19H2,1H3,(H2,24,25,26);1H. The van der Waals surface area contributed by atoms with E-state index in [1.807, 2.05) is 4.90 Å². The van der Waals surface area contributed by atoms with Crippen molar-refractivity contribution in [2.24, 2.45) is 4.99 Å². The summed E-state index contributed by atoms with van der Waals surface area (Å²) < 4.78 is 0. The molecule has 0 unspecified atom stereocenters. The summed E-state index contributed by atoms with van der Waals surface area (Å²) in [6.45, 7) is 9.69. The zero-order valence-corrected chi connectivity index (χ0v) is 20.7. The van der Waals surface area contributed by atoms with Gasteiger partial charge in [0.2, 0.25) is 5.91 Å². The minimum absolute atomic E-state index is 0. The predicted molar refractivity (Wildman–Crippen MR) is 134 cm³/mol. The van der Waals surface area contributed by atoms with Crippen LogP contribution in [0.2, 0.25) is 0 Å². The molecule has 2 aliphatic rings. The molecule has 2 aliphatic heterocycles. The first-order valence-electron chi connectivity index (χ1n) is 11.3. The maximum atomic E-state index is 11.7. The normalized spacial score (nSPS) is 17.7. The van der Waals surface area contributed by atoms with Crippen LogP contribution in [0.5, 0.6) is 0 Å². The molecular formula is C23H38IN5O. The lowest BCUT2D eigenvalue weighted by Gasteiger charge is -2.26. The van der Waals surface area contributed by atoms with Crippen LogP contribution in [0.1, 0.15) is 56.6 Å². The highest BCUT2D eigenvalue weighted by Crippen LogP contribution is 2.14. The van der Waals surface area contributed by atoms with E-state index < -0.39 is 0 Å². The number of aliphatic imine (C=N–C) groups is 1. The first-order valence-corrected chi connectivity index (χ1v) is 11.3. The van der Waals surface area contributed by atoms with Crippen molar-refractivity contribution >= 4 is 35.8 Å². The summed E-state index contributed by atoms with van der Waals surface area (Å²) in [6, 6.07) is 8.89. The summed E-state index contributed by atoms with van der Waals surface area (Å²) >= 11 is 0. The molecule has 2 saturated heterocycles. The molecule has 1 amide bonds. The zero-order chi connectivity index (χ0) is 20.3. The van der Waals surface area contributed by atoms with Gasteiger partial charge < -0.3 is 15.5 Å². The van der Waals surface area contributed by atoms with Crippen LogP contribution >= 0.6 is 24.0 Å². The summed E-state index contributed by atoms with van der Waals surface area (Å²) in [5.41, 5.74) is 2.62. The van der Waals surface area contributed by atoms with Gasteiger partial charge >= 0.3 is 0 Å². The highest BCUT2D eigenvalue weighted by molar-refractivity contribution is 14.0. The molecule has 2 heterocycles. The Balaban J connectivity index is 0.00000320. The molecule has 0 atom stereocenters. The molecule has 2 fully saturated rings. The van der Waals surface area contributed by atoms with Gasteiger partial charge in [-0.2, -0.15) is 0 Å². The molecule has 0 spiro atoms.